The van der Waals surface area contributed by atoms with Crippen LogP contribution in [0, 0.1) is 5.41 Å². The smallest absolute Gasteiger partial charge is 0.227 e. The summed E-state index contributed by atoms with van der Waals surface area (Å²) in [6.07, 6.45) is 6.35. The molecule has 1 aliphatic rings. The lowest BCUT2D eigenvalue weighted by Gasteiger charge is -2.29. The molecule has 2 rings (SSSR count). The van der Waals surface area contributed by atoms with Gasteiger partial charge >= 0.3 is 0 Å². The SMILES string of the molecule is C[C@H](NC(=O)C1(C)CCCC1N)c1cccnc1. The van der Waals surface area contributed by atoms with E-state index in [-0.39, 0.29) is 18.0 Å². The van der Waals surface area contributed by atoms with Crippen LogP contribution in [0.3, 0.4) is 0 Å². The predicted octanol–water partition coefficient (Wildman–Crippen LogP) is 1.78. The first-order chi connectivity index (χ1) is 8.54. The van der Waals surface area contributed by atoms with Gasteiger partial charge in [0.15, 0.2) is 0 Å². The van der Waals surface area contributed by atoms with Crippen molar-refractivity contribution >= 4 is 5.91 Å². The Labute approximate surface area is 108 Å². The molecule has 0 aromatic carbocycles. The molecule has 0 spiro atoms. The number of amides is 1. The number of rotatable bonds is 3. The van der Waals surface area contributed by atoms with Gasteiger partial charge < -0.3 is 11.1 Å². The van der Waals surface area contributed by atoms with Gasteiger partial charge in [0.2, 0.25) is 5.91 Å². The van der Waals surface area contributed by atoms with Crippen LogP contribution in [0.25, 0.3) is 0 Å². The van der Waals surface area contributed by atoms with Gasteiger partial charge in [-0.3, -0.25) is 9.78 Å². The molecule has 0 aliphatic heterocycles. The van der Waals surface area contributed by atoms with Crippen molar-refractivity contribution in [3.05, 3.63) is 30.1 Å². The molecule has 3 N–H and O–H groups in total. The normalized spacial score (nSPS) is 28.9. The van der Waals surface area contributed by atoms with Crippen molar-refractivity contribution in [3.63, 3.8) is 0 Å². The molecule has 18 heavy (non-hydrogen) atoms. The molecule has 0 radical (unpaired) electrons. The number of pyridine rings is 1. The van der Waals surface area contributed by atoms with Crippen LogP contribution in [-0.4, -0.2) is 16.9 Å². The molecular formula is C14H21N3O. The number of carbonyl (C=O) groups excluding carboxylic acids is 1. The summed E-state index contributed by atoms with van der Waals surface area (Å²) in [7, 11) is 0. The number of nitrogens with one attached hydrogen (secondary N) is 1. The van der Waals surface area contributed by atoms with Crippen molar-refractivity contribution in [3.8, 4) is 0 Å². The van der Waals surface area contributed by atoms with Crippen molar-refractivity contribution in [1.29, 1.82) is 0 Å². The monoisotopic (exact) mass is 247 g/mol. The molecule has 0 saturated heterocycles. The second-order valence-corrected chi connectivity index (χ2v) is 5.40. The van der Waals surface area contributed by atoms with Gasteiger partial charge in [-0.05, 0) is 38.3 Å². The van der Waals surface area contributed by atoms with Crippen LogP contribution in [-0.2, 0) is 4.79 Å². The minimum Gasteiger partial charge on any atom is -0.349 e. The van der Waals surface area contributed by atoms with Gasteiger partial charge in [0, 0.05) is 18.4 Å². The van der Waals surface area contributed by atoms with E-state index in [1.165, 1.54) is 0 Å². The second-order valence-electron chi connectivity index (χ2n) is 5.40. The lowest BCUT2D eigenvalue weighted by atomic mass is 9.84. The van der Waals surface area contributed by atoms with E-state index in [2.05, 4.69) is 10.3 Å². The summed E-state index contributed by atoms with van der Waals surface area (Å²) in [5.41, 5.74) is 6.65. The maximum Gasteiger partial charge on any atom is 0.227 e. The summed E-state index contributed by atoms with van der Waals surface area (Å²) >= 11 is 0. The zero-order valence-electron chi connectivity index (χ0n) is 11.0. The Hall–Kier alpha value is -1.42. The number of aromatic nitrogens is 1. The highest BCUT2D eigenvalue weighted by molar-refractivity contribution is 5.83. The Morgan fingerprint density at radius 3 is 3.00 bits per heavy atom. The van der Waals surface area contributed by atoms with E-state index in [1.54, 1.807) is 12.4 Å². The fourth-order valence-electron chi connectivity index (χ4n) is 2.55. The lowest BCUT2D eigenvalue weighted by Crippen LogP contribution is -2.47. The Morgan fingerprint density at radius 2 is 2.44 bits per heavy atom. The number of hydrogen-bond donors (Lipinski definition) is 2. The van der Waals surface area contributed by atoms with Gasteiger partial charge in [-0.25, -0.2) is 0 Å². The molecule has 2 unspecified atom stereocenters. The van der Waals surface area contributed by atoms with Gasteiger partial charge in [0.1, 0.15) is 0 Å². The number of hydrogen-bond acceptors (Lipinski definition) is 3. The minimum absolute atomic E-state index is 0.0291. The molecule has 3 atom stereocenters. The van der Waals surface area contributed by atoms with Gasteiger partial charge in [-0.2, -0.15) is 0 Å². The van der Waals surface area contributed by atoms with Crippen molar-refractivity contribution in [2.45, 2.75) is 45.2 Å². The van der Waals surface area contributed by atoms with E-state index < -0.39 is 5.41 Å². The number of carbonyl (C=O) groups is 1. The van der Waals surface area contributed by atoms with Gasteiger partial charge in [0.25, 0.3) is 0 Å². The molecule has 1 heterocycles. The summed E-state index contributed by atoms with van der Waals surface area (Å²) < 4.78 is 0. The van der Waals surface area contributed by atoms with E-state index in [1.807, 2.05) is 26.0 Å². The Bertz CT molecular complexity index is 420. The molecule has 1 amide bonds. The largest absolute Gasteiger partial charge is 0.349 e. The molecule has 1 saturated carbocycles. The highest BCUT2D eigenvalue weighted by Crippen LogP contribution is 2.37. The van der Waals surface area contributed by atoms with Crippen LogP contribution in [0.2, 0.25) is 0 Å². The molecule has 98 valence electrons. The third-order valence-corrected chi connectivity index (χ3v) is 4.08. The van der Waals surface area contributed by atoms with E-state index >= 15 is 0 Å². The van der Waals surface area contributed by atoms with Crippen LogP contribution < -0.4 is 11.1 Å². The minimum atomic E-state index is -0.420. The summed E-state index contributed by atoms with van der Waals surface area (Å²) in [4.78, 5) is 16.4. The third-order valence-electron chi connectivity index (χ3n) is 4.08. The van der Waals surface area contributed by atoms with Crippen LogP contribution in [0.15, 0.2) is 24.5 Å². The highest BCUT2D eigenvalue weighted by atomic mass is 16.2. The molecule has 1 aromatic rings. The summed E-state index contributed by atoms with van der Waals surface area (Å²) in [6, 6.07) is 3.78. The predicted molar refractivity (Wildman–Crippen MR) is 70.7 cm³/mol. The summed E-state index contributed by atoms with van der Waals surface area (Å²) in [5, 5.41) is 3.05. The lowest BCUT2D eigenvalue weighted by molar-refractivity contribution is -0.131. The average molecular weight is 247 g/mol. The van der Waals surface area contributed by atoms with Crippen LogP contribution in [0.1, 0.15) is 44.7 Å². The van der Waals surface area contributed by atoms with Crippen LogP contribution in [0.4, 0.5) is 0 Å². The van der Waals surface area contributed by atoms with Crippen molar-refractivity contribution in [2.24, 2.45) is 11.1 Å². The van der Waals surface area contributed by atoms with E-state index in [4.69, 9.17) is 5.73 Å². The highest BCUT2D eigenvalue weighted by Gasteiger charge is 2.43. The summed E-state index contributed by atoms with van der Waals surface area (Å²) in [6.45, 7) is 3.94. The molecule has 1 fully saturated rings. The number of nitrogens with two attached hydrogens (primary N) is 1. The fraction of sp³-hybridized carbons (Fsp3) is 0.571. The molecule has 1 aliphatic carbocycles. The topological polar surface area (TPSA) is 68.0 Å². The second kappa shape index (κ2) is 5.06. The Balaban J connectivity index is 2.04. The fourth-order valence-corrected chi connectivity index (χ4v) is 2.55. The average Bonchev–Trinajstić information content (AvgIpc) is 2.72. The quantitative estimate of drug-likeness (QED) is 0.855. The standard InChI is InChI=1S/C14H21N3O/c1-10(11-5-4-8-16-9-11)17-13(18)14(2)7-3-6-12(14)15/h4-5,8-10,12H,3,6-7,15H2,1-2H3,(H,17,18)/t10-,12?,14?/m0/s1. The maximum atomic E-state index is 12.3. The van der Waals surface area contributed by atoms with Gasteiger partial charge in [-0.1, -0.05) is 12.5 Å². The van der Waals surface area contributed by atoms with E-state index in [9.17, 15) is 4.79 Å². The maximum absolute atomic E-state index is 12.3. The van der Waals surface area contributed by atoms with E-state index in [0.717, 1.165) is 24.8 Å². The molecular weight excluding hydrogens is 226 g/mol. The molecule has 0 bridgehead atoms. The van der Waals surface area contributed by atoms with Crippen molar-refractivity contribution < 1.29 is 4.79 Å². The molecule has 4 nitrogen and oxygen atoms in total. The van der Waals surface area contributed by atoms with Crippen LogP contribution >= 0.6 is 0 Å². The summed E-state index contributed by atoms with van der Waals surface area (Å²) in [5.74, 6) is 0.0591. The van der Waals surface area contributed by atoms with E-state index in [0.29, 0.717) is 0 Å². The van der Waals surface area contributed by atoms with Gasteiger partial charge in [0.05, 0.1) is 11.5 Å². The Morgan fingerprint density at radius 1 is 1.67 bits per heavy atom. The van der Waals surface area contributed by atoms with Gasteiger partial charge in [-0.15, -0.1) is 0 Å². The zero-order valence-corrected chi connectivity index (χ0v) is 11.0. The first kappa shape index (κ1) is 13.0. The zero-order chi connectivity index (χ0) is 13.2. The van der Waals surface area contributed by atoms with Crippen molar-refractivity contribution in [2.75, 3.05) is 0 Å². The first-order valence-electron chi connectivity index (χ1n) is 6.50. The van der Waals surface area contributed by atoms with Crippen molar-refractivity contribution in [1.82, 2.24) is 10.3 Å². The molecule has 4 heteroatoms. The molecule has 1 aromatic heterocycles. The Kier molecular flexibility index (Phi) is 3.66. The third kappa shape index (κ3) is 2.38. The number of nitrogens with zero attached hydrogens (tertiary/aromatic N) is 1. The first-order valence-corrected chi connectivity index (χ1v) is 6.50. The van der Waals surface area contributed by atoms with Crippen LogP contribution in [0.5, 0.6) is 0 Å².